The van der Waals surface area contributed by atoms with E-state index in [9.17, 15) is 9.90 Å². The second-order valence-electron chi connectivity index (χ2n) is 6.53. The third kappa shape index (κ3) is 5.97. The molecular formula is C22H31NO3. The normalized spacial score (nSPS) is 16.7. The Kier molecular flexibility index (Phi) is 9.63. The zero-order valence-electron chi connectivity index (χ0n) is 15.9. The van der Waals surface area contributed by atoms with Gasteiger partial charge in [-0.3, -0.25) is 4.79 Å². The van der Waals surface area contributed by atoms with Gasteiger partial charge in [-0.05, 0) is 42.2 Å². The molecule has 2 rings (SSSR count). The second kappa shape index (κ2) is 11.4. The van der Waals surface area contributed by atoms with Crippen LogP contribution in [0.5, 0.6) is 5.75 Å². The number of carbonyl (C=O) groups excluding carboxylic acids is 1. The smallest absolute Gasteiger partial charge is 0.149 e. The first-order chi connectivity index (χ1) is 12.5. The Labute approximate surface area is 157 Å². The van der Waals surface area contributed by atoms with Crippen molar-refractivity contribution in [1.29, 1.82) is 0 Å². The van der Waals surface area contributed by atoms with Crippen LogP contribution < -0.4 is 5.73 Å². The summed E-state index contributed by atoms with van der Waals surface area (Å²) in [5.41, 5.74) is 8.19. The van der Waals surface area contributed by atoms with Crippen LogP contribution in [0.15, 0.2) is 60.2 Å². The van der Waals surface area contributed by atoms with Crippen LogP contribution in [0.1, 0.15) is 37.7 Å². The Bertz CT molecular complexity index is 623. The number of hydrogen-bond acceptors (Lipinski definition) is 4. The minimum absolute atomic E-state index is 0.149. The van der Waals surface area contributed by atoms with E-state index in [0.717, 1.165) is 37.5 Å². The van der Waals surface area contributed by atoms with Crippen molar-refractivity contribution < 1.29 is 14.6 Å². The van der Waals surface area contributed by atoms with E-state index in [2.05, 4.69) is 11.3 Å². The molecule has 4 nitrogen and oxygen atoms in total. The maximum absolute atomic E-state index is 11.1. The molecule has 0 amide bonds. The number of aldehydes is 1. The van der Waals surface area contributed by atoms with Crippen LogP contribution >= 0.6 is 0 Å². The SMILES string of the molecule is C=C(C=O)/C=C(\C=C/CN)C1(c2ccc(O)cc2)CCCCC1.COC. The molecule has 1 saturated carbocycles. The molecule has 0 bridgehead atoms. The Morgan fingerprint density at radius 1 is 1.23 bits per heavy atom. The summed E-state index contributed by atoms with van der Waals surface area (Å²) in [6.07, 6.45) is 12.1. The van der Waals surface area contributed by atoms with Crippen LogP contribution in [0.4, 0.5) is 0 Å². The molecule has 26 heavy (non-hydrogen) atoms. The summed E-state index contributed by atoms with van der Waals surface area (Å²) in [5.74, 6) is 0.264. The molecular weight excluding hydrogens is 326 g/mol. The molecule has 0 unspecified atom stereocenters. The topological polar surface area (TPSA) is 72.6 Å². The summed E-state index contributed by atoms with van der Waals surface area (Å²) < 4.78 is 4.25. The minimum Gasteiger partial charge on any atom is -0.508 e. The molecule has 0 saturated heterocycles. The van der Waals surface area contributed by atoms with Gasteiger partial charge in [0.15, 0.2) is 0 Å². The van der Waals surface area contributed by atoms with Gasteiger partial charge in [-0.1, -0.05) is 50.1 Å². The summed E-state index contributed by atoms with van der Waals surface area (Å²) in [4.78, 5) is 11.1. The first-order valence-electron chi connectivity index (χ1n) is 8.96. The third-order valence-electron chi connectivity index (χ3n) is 4.61. The fourth-order valence-electron chi connectivity index (χ4n) is 3.45. The number of allylic oxidation sites excluding steroid dienone is 4. The molecule has 142 valence electrons. The Morgan fingerprint density at radius 2 is 1.81 bits per heavy atom. The van der Waals surface area contributed by atoms with Crippen LogP contribution in [0.25, 0.3) is 0 Å². The number of rotatable bonds is 6. The van der Waals surface area contributed by atoms with E-state index in [1.807, 2.05) is 30.4 Å². The molecule has 0 atom stereocenters. The fraction of sp³-hybridized carbons (Fsp3) is 0.409. The molecule has 1 aromatic rings. The van der Waals surface area contributed by atoms with Gasteiger partial charge in [0.05, 0.1) is 0 Å². The highest BCUT2D eigenvalue weighted by atomic mass is 16.4. The zero-order valence-corrected chi connectivity index (χ0v) is 15.9. The molecule has 0 radical (unpaired) electrons. The molecule has 0 aliphatic heterocycles. The summed E-state index contributed by atoms with van der Waals surface area (Å²) >= 11 is 0. The van der Waals surface area contributed by atoms with E-state index in [-0.39, 0.29) is 11.2 Å². The van der Waals surface area contributed by atoms with Gasteiger partial charge >= 0.3 is 0 Å². The highest BCUT2D eigenvalue weighted by molar-refractivity contribution is 5.77. The predicted molar refractivity (Wildman–Crippen MR) is 107 cm³/mol. The van der Waals surface area contributed by atoms with E-state index < -0.39 is 0 Å². The third-order valence-corrected chi connectivity index (χ3v) is 4.61. The van der Waals surface area contributed by atoms with Gasteiger partial charge in [-0.15, -0.1) is 0 Å². The maximum Gasteiger partial charge on any atom is 0.149 e. The average Bonchev–Trinajstić information content (AvgIpc) is 2.66. The molecule has 1 aliphatic carbocycles. The van der Waals surface area contributed by atoms with Crippen molar-refractivity contribution in [3.05, 3.63) is 65.8 Å². The molecule has 0 heterocycles. The largest absolute Gasteiger partial charge is 0.508 e. The molecule has 3 N–H and O–H groups in total. The van der Waals surface area contributed by atoms with Crippen LogP contribution in [0, 0.1) is 0 Å². The van der Waals surface area contributed by atoms with E-state index in [1.54, 1.807) is 26.4 Å². The molecule has 0 aromatic heterocycles. The van der Waals surface area contributed by atoms with Crippen LogP contribution in [0.2, 0.25) is 0 Å². The first-order valence-corrected chi connectivity index (χ1v) is 8.96. The quantitative estimate of drug-likeness (QED) is 0.458. The fourth-order valence-corrected chi connectivity index (χ4v) is 3.45. The minimum atomic E-state index is -0.149. The number of hydrogen-bond donors (Lipinski definition) is 2. The average molecular weight is 357 g/mol. The van der Waals surface area contributed by atoms with Crippen molar-refractivity contribution in [1.82, 2.24) is 0 Å². The number of benzene rings is 1. The lowest BCUT2D eigenvalue weighted by atomic mass is 9.64. The lowest BCUT2D eigenvalue weighted by Gasteiger charge is -2.39. The van der Waals surface area contributed by atoms with Crippen molar-refractivity contribution in [2.75, 3.05) is 20.8 Å². The Morgan fingerprint density at radius 3 is 2.31 bits per heavy atom. The zero-order chi connectivity index (χ0) is 19.4. The Hall–Kier alpha value is -2.17. The number of nitrogens with two attached hydrogens (primary N) is 1. The summed E-state index contributed by atoms with van der Waals surface area (Å²) in [5, 5.41) is 9.60. The van der Waals surface area contributed by atoms with Crippen molar-refractivity contribution in [2.24, 2.45) is 5.73 Å². The van der Waals surface area contributed by atoms with Crippen molar-refractivity contribution in [3.63, 3.8) is 0 Å². The van der Waals surface area contributed by atoms with Crippen molar-refractivity contribution in [3.8, 4) is 5.75 Å². The van der Waals surface area contributed by atoms with Gasteiger partial charge in [0, 0.05) is 31.8 Å². The number of phenols is 1. The summed E-state index contributed by atoms with van der Waals surface area (Å²) in [6.45, 7) is 4.26. The van der Waals surface area contributed by atoms with Gasteiger partial charge in [-0.25, -0.2) is 0 Å². The second-order valence-corrected chi connectivity index (χ2v) is 6.53. The lowest BCUT2D eigenvalue weighted by molar-refractivity contribution is -0.104. The van der Waals surface area contributed by atoms with E-state index in [0.29, 0.717) is 12.1 Å². The van der Waals surface area contributed by atoms with Crippen molar-refractivity contribution in [2.45, 2.75) is 37.5 Å². The van der Waals surface area contributed by atoms with Gasteiger partial charge < -0.3 is 15.6 Å². The van der Waals surface area contributed by atoms with Crippen LogP contribution in [-0.2, 0) is 14.9 Å². The van der Waals surface area contributed by atoms with E-state index >= 15 is 0 Å². The number of phenolic OH excluding ortho intramolecular Hbond substituents is 1. The molecule has 1 aromatic carbocycles. The number of methoxy groups -OCH3 is 1. The number of ether oxygens (including phenoxy) is 1. The van der Waals surface area contributed by atoms with Gasteiger partial charge in [0.1, 0.15) is 12.0 Å². The summed E-state index contributed by atoms with van der Waals surface area (Å²) in [7, 11) is 3.25. The van der Waals surface area contributed by atoms with Gasteiger partial charge in [-0.2, -0.15) is 0 Å². The van der Waals surface area contributed by atoms with E-state index in [1.165, 1.54) is 12.0 Å². The first kappa shape index (κ1) is 21.9. The van der Waals surface area contributed by atoms with E-state index in [4.69, 9.17) is 5.73 Å². The lowest BCUT2D eigenvalue weighted by Crippen LogP contribution is -2.31. The summed E-state index contributed by atoms with van der Waals surface area (Å²) in [6, 6.07) is 7.41. The number of carbonyl (C=O) groups is 1. The maximum atomic E-state index is 11.1. The Balaban J connectivity index is 0.00000105. The standard InChI is InChI=1S/C20H25NO2.C2H6O/c1-16(15-22)14-18(6-5-13-21)20(11-3-2-4-12-20)17-7-9-19(23)10-8-17;1-3-2/h5-10,14-15,23H,1-4,11-13,21H2;1-2H3/b6-5-,18-14+;. The monoisotopic (exact) mass is 357 g/mol. The van der Waals surface area contributed by atoms with Gasteiger partial charge in [0.2, 0.25) is 0 Å². The van der Waals surface area contributed by atoms with Crippen LogP contribution in [-0.4, -0.2) is 32.2 Å². The molecule has 1 aliphatic rings. The highest BCUT2D eigenvalue weighted by Gasteiger charge is 2.36. The molecule has 1 fully saturated rings. The van der Waals surface area contributed by atoms with Crippen LogP contribution in [0.3, 0.4) is 0 Å². The van der Waals surface area contributed by atoms with Gasteiger partial charge in [0.25, 0.3) is 0 Å². The number of aromatic hydroxyl groups is 1. The molecule has 0 spiro atoms. The van der Waals surface area contributed by atoms with Crippen molar-refractivity contribution >= 4 is 6.29 Å². The highest BCUT2D eigenvalue weighted by Crippen LogP contribution is 2.46. The molecule has 4 heteroatoms. The predicted octanol–water partition coefficient (Wildman–Crippen LogP) is 4.05.